The van der Waals surface area contributed by atoms with Crippen molar-refractivity contribution in [2.24, 2.45) is 0 Å². The molecule has 0 saturated heterocycles. The number of oxazole rings is 1. The number of nitrogens with zero attached hydrogens (tertiary/aromatic N) is 2. The van der Waals surface area contributed by atoms with Gasteiger partial charge in [-0.15, -0.1) is 0 Å². The lowest BCUT2D eigenvalue weighted by Crippen LogP contribution is -2.07. The van der Waals surface area contributed by atoms with Gasteiger partial charge >= 0.3 is 0 Å². The second-order valence-electron chi connectivity index (χ2n) is 10.2. The summed E-state index contributed by atoms with van der Waals surface area (Å²) in [6.07, 6.45) is 9.39. The first-order chi connectivity index (χ1) is 18.7. The van der Waals surface area contributed by atoms with E-state index >= 15 is 0 Å². The maximum absolute atomic E-state index is 6.73. The van der Waals surface area contributed by atoms with Crippen LogP contribution in [0.4, 0.5) is 5.69 Å². The van der Waals surface area contributed by atoms with Crippen LogP contribution >= 0.6 is 0 Å². The maximum Gasteiger partial charge on any atom is 0.228 e. The lowest BCUT2D eigenvalue weighted by atomic mass is 9.92. The van der Waals surface area contributed by atoms with Gasteiger partial charge in [-0.2, -0.15) is 0 Å². The average Bonchev–Trinajstić information content (AvgIpc) is 3.47. The van der Waals surface area contributed by atoms with Gasteiger partial charge in [0.15, 0.2) is 11.2 Å². The normalized spacial score (nSPS) is 13.2. The van der Waals surface area contributed by atoms with Crippen LogP contribution in [-0.2, 0) is 6.42 Å². The predicted molar refractivity (Wildman–Crippen MR) is 158 cm³/mol. The highest BCUT2D eigenvalue weighted by molar-refractivity contribution is 6.28. The van der Waals surface area contributed by atoms with Crippen LogP contribution in [0.15, 0.2) is 99.9 Å². The van der Waals surface area contributed by atoms with E-state index in [-0.39, 0.29) is 0 Å². The largest absolute Gasteiger partial charge is 0.452 e. The predicted octanol–water partition coefficient (Wildman–Crippen LogP) is 8.89. The quantitative estimate of drug-likeness (QED) is 0.242. The summed E-state index contributed by atoms with van der Waals surface area (Å²) in [5.41, 5.74) is 7.67. The molecule has 0 unspecified atom stereocenters. The van der Waals surface area contributed by atoms with E-state index in [9.17, 15) is 0 Å². The highest BCUT2D eigenvalue weighted by Crippen LogP contribution is 2.44. The van der Waals surface area contributed by atoms with Crippen molar-refractivity contribution >= 4 is 66.3 Å². The Kier molecular flexibility index (Phi) is 4.38. The monoisotopic (exact) mass is 492 g/mol. The summed E-state index contributed by atoms with van der Waals surface area (Å²) in [6, 6.07) is 25.5. The third-order valence-electron chi connectivity index (χ3n) is 7.73. The van der Waals surface area contributed by atoms with Gasteiger partial charge in [0.2, 0.25) is 5.89 Å². The lowest BCUT2D eigenvalue weighted by Gasteiger charge is -2.12. The summed E-state index contributed by atoms with van der Waals surface area (Å²) in [5.74, 6) is 0.629. The molecule has 2 heterocycles. The zero-order chi connectivity index (χ0) is 25.4. The van der Waals surface area contributed by atoms with Gasteiger partial charge in [0.05, 0.1) is 0 Å². The fraction of sp³-hybridized carbons (Fsp3) is 0.0882. The second-order valence-corrected chi connectivity index (χ2v) is 10.2. The number of rotatable bonds is 2. The standard InChI is InChI=1S/C34H24N2O2/c1-36(2)22-16-17-27-28(19-22)37-32-29(27)25-14-8-9-15-26(25)31-33(32)38-34(35-31)30-23-12-5-3-4-10-20(23)18-21-11-6-7-13-24(21)30/h3-11,13-19H,12H2,1-2H3. The Balaban J connectivity index is 1.52. The minimum Gasteiger partial charge on any atom is -0.452 e. The Labute approximate surface area is 219 Å². The molecule has 0 aliphatic heterocycles. The summed E-state index contributed by atoms with van der Waals surface area (Å²) in [5, 5.41) is 6.64. The number of aromatic nitrogens is 1. The maximum atomic E-state index is 6.73. The van der Waals surface area contributed by atoms with Gasteiger partial charge in [-0.25, -0.2) is 4.98 Å². The van der Waals surface area contributed by atoms with Crippen LogP contribution in [0.3, 0.4) is 0 Å². The second kappa shape index (κ2) is 7.83. The number of benzene rings is 5. The molecule has 182 valence electrons. The number of hydrogen-bond acceptors (Lipinski definition) is 4. The van der Waals surface area contributed by atoms with Gasteiger partial charge in [0, 0.05) is 47.6 Å². The van der Waals surface area contributed by atoms with E-state index in [1.165, 1.54) is 16.5 Å². The Bertz CT molecular complexity index is 2140. The van der Waals surface area contributed by atoms with E-state index in [0.29, 0.717) is 11.5 Å². The number of anilines is 1. The minimum atomic E-state index is 0.629. The SMILES string of the molecule is CN(C)c1ccc2c(c1)oc1c3oc(-c4c5c(cc6ccccc46)C=CC=CC5)nc3c3ccccc3c21. The fourth-order valence-corrected chi connectivity index (χ4v) is 5.91. The number of fused-ring (bicyclic) bond motifs is 10. The van der Waals surface area contributed by atoms with Crippen LogP contribution in [0.1, 0.15) is 11.1 Å². The third kappa shape index (κ3) is 2.94. The molecule has 2 aromatic heterocycles. The molecule has 0 bridgehead atoms. The van der Waals surface area contributed by atoms with Crippen LogP contribution in [-0.4, -0.2) is 19.1 Å². The van der Waals surface area contributed by atoms with Crippen LogP contribution in [0.2, 0.25) is 0 Å². The minimum absolute atomic E-state index is 0.629. The van der Waals surface area contributed by atoms with Crippen LogP contribution < -0.4 is 4.90 Å². The first-order valence-electron chi connectivity index (χ1n) is 12.9. The summed E-state index contributed by atoms with van der Waals surface area (Å²) in [4.78, 5) is 7.27. The molecule has 0 radical (unpaired) electrons. The van der Waals surface area contributed by atoms with E-state index in [0.717, 1.165) is 61.3 Å². The van der Waals surface area contributed by atoms with E-state index in [1.807, 2.05) is 14.1 Å². The zero-order valence-electron chi connectivity index (χ0n) is 21.2. The molecule has 0 saturated carbocycles. The molecular formula is C34H24N2O2. The van der Waals surface area contributed by atoms with Crippen molar-refractivity contribution in [3.05, 3.63) is 102 Å². The van der Waals surface area contributed by atoms with Crippen LogP contribution in [0.25, 0.3) is 72.1 Å². The van der Waals surface area contributed by atoms with Gasteiger partial charge in [-0.1, -0.05) is 72.8 Å². The molecular weight excluding hydrogens is 468 g/mol. The number of hydrogen-bond donors (Lipinski definition) is 0. The van der Waals surface area contributed by atoms with Gasteiger partial charge in [-0.05, 0) is 51.9 Å². The summed E-state index contributed by atoms with van der Waals surface area (Å²) in [6.45, 7) is 0. The Morgan fingerprint density at radius 2 is 1.58 bits per heavy atom. The van der Waals surface area contributed by atoms with E-state index in [2.05, 4.69) is 102 Å². The molecule has 0 fully saturated rings. The van der Waals surface area contributed by atoms with Crippen LogP contribution in [0.5, 0.6) is 0 Å². The van der Waals surface area contributed by atoms with Crippen molar-refractivity contribution in [3.8, 4) is 11.5 Å². The molecule has 0 atom stereocenters. The van der Waals surface area contributed by atoms with Crippen LogP contribution in [0, 0.1) is 0 Å². The Morgan fingerprint density at radius 3 is 2.45 bits per heavy atom. The van der Waals surface area contributed by atoms with Crippen molar-refractivity contribution in [2.45, 2.75) is 6.42 Å². The fourth-order valence-electron chi connectivity index (χ4n) is 5.91. The van der Waals surface area contributed by atoms with Gasteiger partial charge in [0.25, 0.3) is 0 Å². The Morgan fingerprint density at radius 1 is 0.763 bits per heavy atom. The van der Waals surface area contributed by atoms with Crippen molar-refractivity contribution in [3.63, 3.8) is 0 Å². The molecule has 38 heavy (non-hydrogen) atoms. The highest BCUT2D eigenvalue weighted by atomic mass is 16.4. The molecule has 0 spiro atoms. The molecule has 5 aromatic carbocycles. The summed E-state index contributed by atoms with van der Waals surface area (Å²) >= 11 is 0. The topological polar surface area (TPSA) is 42.4 Å². The van der Waals surface area contributed by atoms with Gasteiger partial charge in [-0.3, -0.25) is 0 Å². The number of allylic oxidation sites excluding steroid dienone is 3. The average molecular weight is 493 g/mol. The zero-order valence-corrected chi connectivity index (χ0v) is 21.2. The van der Waals surface area contributed by atoms with Crippen molar-refractivity contribution in [1.29, 1.82) is 0 Å². The van der Waals surface area contributed by atoms with Gasteiger partial charge in [0.1, 0.15) is 11.1 Å². The molecule has 0 amide bonds. The molecule has 8 rings (SSSR count). The first kappa shape index (κ1) is 21.3. The summed E-state index contributed by atoms with van der Waals surface area (Å²) in [7, 11) is 4.08. The van der Waals surface area contributed by atoms with E-state index in [4.69, 9.17) is 13.8 Å². The molecule has 1 aliphatic rings. The van der Waals surface area contributed by atoms with E-state index in [1.54, 1.807) is 0 Å². The molecule has 4 heteroatoms. The third-order valence-corrected chi connectivity index (χ3v) is 7.73. The lowest BCUT2D eigenvalue weighted by molar-refractivity contribution is 0.604. The van der Waals surface area contributed by atoms with Crippen molar-refractivity contribution in [1.82, 2.24) is 4.98 Å². The summed E-state index contributed by atoms with van der Waals surface area (Å²) < 4.78 is 13.3. The molecule has 1 aliphatic carbocycles. The molecule has 0 N–H and O–H groups in total. The molecule has 7 aromatic rings. The first-order valence-corrected chi connectivity index (χ1v) is 12.9. The molecule has 4 nitrogen and oxygen atoms in total. The Hall–Kier alpha value is -4.83. The van der Waals surface area contributed by atoms with Gasteiger partial charge < -0.3 is 13.7 Å². The van der Waals surface area contributed by atoms with Crippen molar-refractivity contribution < 1.29 is 8.83 Å². The smallest absolute Gasteiger partial charge is 0.228 e. The van der Waals surface area contributed by atoms with E-state index < -0.39 is 0 Å². The number of furan rings is 1. The highest BCUT2D eigenvalue weighted by Gasteiger charge is 2.24. The van der Waals surface area contributed by atoms with Crippen molar-refractivity contribution in [2.75, 3.05) is 19.0 Å².